The van der Waals surface area contributed by atoms with Gasteiger partial charge in [0.1, 0.15) is 0 Å². The highest BCUT2D eigenvalue weighted by atomic mass is 16.1. The van der Waals surface area contributed by atoms with Crippen LogP contribution in [0.1, 0.15) is 51.5 Å². The lowest BCUT2D eigenvalue weighted by atomic mass is 9.80. The maximum atomic E-state index is 12.4. The Morgan fingerprint density at radius 2 is 1.86 bits per heavy atom. The molecule has 2 rings (SSSR count). The first-order valence-electron chi connectivity index (χ1n) is 8.52. The van der Waals surface area contributed by atoms with Crippen LogP contribution in [0.3, 0.4) is 0 Å². The molecule has 1 saturated heterocycles. The van der Waals surface area contributed by atoms with Crippen LogP contribution in [-0.2, 0) is 4.79 Å². The molecular weight excluding hydrogens is 272 g/mol. The predicted molar refractivity (Wildman–Crippen MR) is 91.9 cm³/mol. The summed E-state index contributed by atoms with van der Waals surface area (Å²) in [7, 11) is 0. The molecule has 1 aromatic carbocycles. The molecule has 0 aliphatic carbocycles. The molecule has 0 spiro atoms. The van der Waals surface area contributed by atoms with E-state index in [2.05, 4.69) is 55.7 Å². The Morgan fingerprint density at radius 3 is 2.45 bits per heavy atom. The van der Waals surface area contributed by atoms with Crippen LogP contribution in [0.5, 0.6) is 0 Å². The number of hydrogen-bond acceptors (Lipinski definition) is 2. The highest BCUT2D eigenvalue weighted by Crippen LogP contribution is 2.29. The Bertz CT molecular complexity index is 464. The Labute approximate surface area is 134 Å². The van der Waals surface area contributed by atoms with E-state index in [1.54, 1.807) is 0 Å². The normalized spacial score (nSPS) is 18.9. The van der Waals surface area contributed by atoms with Gasteiger partial charge in [0.15, 0.2) is 0 Å². The zero-order valence-electron chi connectivity index (χ0n) is 14.2. The van der Waals surface area contributed by atoms with Crippen molar-refractivity contribution < 1.29 is 4.79 Å². The van der Waals surface area contributed by atoms with Gasteiger partial charge in [-0.15, -0.1) is 0 Å². The van der Waals surface area contributed by atoms with E-state index in [4.69, 9.17) is 0 Å². The van der Waals surface area contributed by atoms with Crippen molar-refractivity contribution in [2.75, 3.05) is 19.6 Å². The molecule has 3 nitrogen and oxygen atoms in total. The van der Waals surface area contributed by atoms with Crippen molar-refractivity contribution in [1.82, 2.24) is 10.6 Å². The fourth-order valence-corrected chi connectivity index (χ4v) is 3.23. The Hall–Kier alpha value is -1.35. The van der Waals surface area contributed by atoms with Crippen molar-refractivity contribution in [3.8, 4) is 0 Å². The van der Waals surface area contributed by atoms with E-state index in [0.717, 1.165) is 32.5 Å². The first-order valence-corrected chi connectivity index (χ1v) is 8.52. The summed E-state index contributed by atoms with van der Waals surface area (Å²) in [6.07, 6.45) is 2.86. The molecule has 1 heterocycles. The van der Waals surface area contributed by atoms with Crippen molar-refractivity contribution in [2.45, 2.75) is 46.0 Å². The zero-order chi connectivity index (χ0) is 16.0. The van der Waals surface area contributed by atoms with Gasteiger partial charge in [-0.3, -0.25) is 4.79 Å². The van der Waals surface area contributed by atoms with E-state index < -0.39 is 0 Å². The third-order valence-corrected chi connectivity index (χ3v) is 4.96. The maximum absolute atomic E-state index is 12.4. The minimum Gasteiger partial charge on any atom is -0.356 e. The monoisotopic (exact) mass is 302 g/mol. The third-order valence-electron chi connectivity index (χ3n) is 4.96. The summed E-state index contributed by atoms with van der Waals surface area (Å²) in [6.45, 7) is 9.59. The standard InChI is InChI=1S/C19H30N2O/c1-15(2)17(16-7-5-4-6-8-16)13-18(22)21-14-19(3)9-11-20-12-10-19/h4-8,15,17,20H,9-14H2,1-3H3,(H,21,22). The van der Waals surface area contributed by atoms with E-state index >= 15 is 0 Å². The summed E-state index contributed by atoms with van der Waals surface area (Å²) < 4.78 is 0. The lowest BCUT2D eigenvalue weighted by molar-refractivity contribution is -0.122. The molecule has 1 aromatic rings. The van der Waals surface area contributed by atoms with Gasteiger partial charge in [-0.25, -0.2) is 0 Å². The van der Waals surface area contributed by atoms with Gasteiger partial charge in [0, 0.05) is 13.0 Å². The Morgan fingerprint density at radius 1 is 1.23 bits per heavy atom. The lowest BCUT2D eigenvalue weighted by Gasteiger charge is -2.34. The number of amides is 1. The molecule has 1 aliphatic rings. The van der Waals surface area contributed by atoms with Gasteiger partial charge in [0.25, 0.3) is 0 Å². The molecule has 22 heavy (non-hydrogen) atoms. The van der Waals surface area contributed by atoms with Gasteiger partial charge in [-0.05, 0) is 48.7 Å². The van der Waals surface area contributed by atoms with E-state index in [-0.39, 0.29) is 11.3 Å². The summed E-state index contributed by atoms with van der Waals surface area (Å²) in [4.78, 5) is 12.4. The molecule has 0 saturated carbocycles. The van der Waals surface area contributed by atoms with E-state index in [1.165, 1.54) is 5.56 Å². The highest BCUT2D eigenvalue weighted by Gasteiger charge is 2.27. The average Bonchev–Trinajstić information content (AvgIpc) is 2.52. The Balaban J connectivity index is 1.89. The van der Waals surface area contributed by atoms with Crippen LogP contribution in [-0.4, -0.2) is 25.5 Å². The summed E-state index contributed by atoms with van der Waals surface area (Å²) >= 11 is 0. The molecule has 1 fully saturated rings. The molecule has 2 N–H and O–H groups in total. The number of rotatable bonds is 6. The van der Waals surface area contributed by atoms with Gasteiger partial charge < -0.3 is 10.6 Å². The molecular formula is C19H30N2O. The number of hydrogen-bond donors (Lipinski definition) is 2. The fourth-order valence-electron chi connectivity index (χ4n) is 3.23. The van der Waals surface area contributed by atoms with Gasteiger partial charge in [0.05, 0.1) is 0 Å². The molecule has 0 radical (unpaired) electrons. The molecule has 122 valence electrons. The molecule has 3 heteroatoms. The summed E-state index contributed by atoms with van der Waals surface area (Å²) in [5, 5.41) is 6.56. The van der Waals surface area contributed by atoms with Crippen LogP contribution in [0.2, 0.25) is 0 Å². The lowest BCUT2D eigenvalue weighted by Crippen LogP contribution is -2.43. The highest BCUT2D eigenvalue weighted by molar-refractivity contribution is 5.77. The minimum atomic E-state index is 0.183. The van der Waals surface area contributed by atoms with Crippen molar-refractivity contribution in [1.29, 1.82) is 0 Å². The predicted octanol–water partition coefficient (Wildman–Crippen LogP) is 3.32. The molecule has 1 atom stereocenters. The van der Waals surface area contributed by atoms with Gasteiger partial charge >= 0.3 is 0 Å². The molecule has 1 aliphatic heterocycles. The van der Waals surface area contributed by atoms with E-state index in [1.807, 2.05) is 6.07 Å². The van der Waals surface area contributed by atoms with Crippen LogP contribution >= 0.6 is 0 Å². The van der Waals surface area contributed by atoms with Crippen LogP contribution in [0.15, 0.2) is 30.3 Å². The van der Waals surface area contributed by atoms with E-state index in [9.17, 15) is 4.79 Å². The molecule has 1 amide bonds. The fraction of sp³-hybridized carbons (Fsp3) is 0.632. The van der Waals surface area contributed by atoms with Crippen molar-refractivity contribution >= 4 is 5.91 Å². The number of carbonyl (C=O) groups excluding carboxylic acids is 1. The minimum absolute atomic E-state index is 0.183. The van der Waals surface area contributed by atoms with Gasteiger partial charge in [-0.2, -0.15) is 0 Å². The largest absolute Gasteiger partial charge is 0.356 e. The zero-order valence-corrected chi connectivity index (χ0v) is 14.2. The van der Waals surface area contributed by atoms with Crippen LogP contribution in [0, 0.1) is 11.3 Å². The van der Waals surface area contributed by atoms with Gasteiger partial charge in [-0.1, -0.05) is 51.1 Å². The Kier molecular flexibility index (Phi) is 6.01. The molecule has 0 aromatic heterocycles. The van der Waals surface area contributed by atoms with Crippen LogP contribution < -0.4 is 10.6 Å². The topological polar surface area (TPSA) is 41.1 Å². The van der Waals surface area contributed by atoms with Gasteiger partial charge in [0.2, 0.25) is 5.91 Å². The van der Waals surface area contributed by atoms with E-state index in [0.29, 0.717) is 18.3 Å². The molecule has 1 unspecified atom stereocenters. The number of benzene rings is 1. The molecule has 0 bridgehead atoms. The number of carbonyl (C=O) groups is 1. The quantitative estimate of drug-likeness (QED) is 0.846. The second-order valence-corrected chi connectivity index (χ2v) is 7.30. The third kappa shape index (κ3) is 4.84. The van der Waals surface area contributed by atoms with Crippen molar-refractivity contribution in [3.63, 3.8) is 0 Å². The maximum Gasteiger partial charge on any atom is 0.220 e. The SMILES string of the molecule is CC(C)C(CC(=O)NCC1(C)CCNCC1)c1ccccc1. The van der Waals surface area contributed by atoms with Crippen molar-refractivity contribution in [3.05, 3.63) is 35.9 Å². The smallest absolute Gasteiger partial charge is 0.220 e. The van der Waals surface area contributed by atoms with Crippen LogP contribution in [0.25, 0.3) is 0 Å². The average molecular weight is 302 g/mol. The number of piperidine rings is 1. The number of nitrogens with one attached hydrogen (secondary N) is 2. The summed E-state index contributed by atoms with van der Waals surface area (Å²) in [5.41, 5.74) is 1.52. The first kappa shape index (κ1) is 17.0. The second-order valence-electron chi connectivity index (χ2n) is 7.30. The van der Waals surface area contributed by atoms with Crippen molar-refractivity contribution in [2.24, 2.45) is 11.3 Å². The van der Waals surface area contributed by atoms with Crippen LogP contribution in [0.4, 0.5) is 0 Å². The first-order chi connectivity index (χ1) is 10.5. The summed E-state index contributed by atoms with van der Waals surface area (Å²) in [6, 6.07) is 10.4. The second kappa shape index (κ2) is 7.77. The summed E-state index contributed by atoms with van der Waals surface area (Å²) in [5.74, 6) is 0.937.